The van der Waals surface area contributed by atoms with Crippen molar-refractivity contribution in [3.05, 3.63) is 23.2 Å². The van der Waals surface area contributed by atoms with Gasteiger partial charge in [0, 0.05) is 0 Å². The number of hydrogen-bond acceptors (Lipinski definition) is 3. The van der Waals surface area contributed by atoms with Crippen molar-refractivity contribution in [2.45, 2.75) is 19.4 Å². The van der Waals surface area contributed by atoms with Crippen molar-refractivity contribution in [2.24, 2.45) is 5.73 Å². The fraction of sp³-hybridized carbons (Fsp3) is 0.364. The van der Waals surface area contributed by atoms with Gasteiger partial charge >= 0.3 is 0 Å². The summed E-state index contributed by atoms with van der Waals surface area (Å²) in [5.41, 5.74) is 5.92. The first-order valence-corrected chi connectivity index (χ1v) is 5.36. The lowest BCUT2D eigenvalue weighted by molar-refractivity contribution is -0.118. The number of rotatable bonds is 5. The molecule has 16 heavy (non-hydrogen) atoms. The Bertz CT molecular complexity index is 382. The van der Waals surface area contributed by atoms with Crippen LogP contribution in [-0.4, -0.2) is 19.1 Å². The Morgan fingerprint density at radius 1 is 1.62 bits per heavy atom. The lowest BCUT2D eigenvalue weighted by Gasteiger charge is -2.17. The number of methoxy groups -OCH3 is 1. The molecule has 0 aliphatic carbocycles. The van der Waals surface area contributed by atoms with Crippen LogP contribution >= 0.6 is 11.6 Å². The van der Waals surface area contributed by atoms with E-state index < -0.39 is 11.9 Å². The molecule has 4 nitrogen and oxygen atoms in total. The van der Waals surface area contributed by atoms with Crippen LogP contribution in [0.3, 0.4) is 0 Å². The Morgan fingerprint density at radius 3 is 2.81 bits per heavy atom. The second-order valence-electron chi connectivity index (χ2n) is 3.33. The predicted molar refractivity (Wildman–Crippen MR) is 64.9 cm³/mol. The van der Waals surface area contributed by atoms with Crippen molar-refractivity contribution >= 4 is 23.2 Å². The molecule has 88 valence electrons. The molecule has 3 N–H and O–H groups in total. The van der Waals surface area contributed by atoms with Crippen molar-refractivity contribution in [3.8, 4) is 5.75 Å². The van der Waals surface area contributed by atoms with Gasteiger partial charge in [0.2, 0.25) is 5.91 Å². The van der Waals surface area contributed by atoms with Crippen LogP contribution in [0.15, 0.2) is 18.2 Å². The molecular formula is C11H15ClN2O2. The topological polar surface area (TPSA) is 64.3 Å². The van der Waals surface area contributed by atoms with Gasteiger partial charge in [-0.2, -0.15) is 0 Å². The van der Waals surface area contributed by atoms with Gasteiger partial charge in [0.05, 0.1) is 17.8 Å². The second-order valence-corrected chi connectivity index (χ2v) is 3.74. The van der Waals surface area contributed by atoms with E-state index in [9.17, 15) is 4.79 Å². The molecular weight excluding hydrogens is 228 g/mol. The molecule has 1 aromatic rings. The molecule has 0 bridgehead atoms. The minimum Gasteiger partial charge on any atom is -0.493 e. The molecule has 1 rings (SSSR count). The van der Waals surface area contributed by atoms with Crippen LogP contribution in [0.2, 0.25) is 5.02 Å². The number of ether oxygens (including phenoxy) is 1. The summed E-state index contributed by atoms with van der Waals surface area (Å²) in [6, 6.07) is 4.86. The van der Waals surface area contributed by atoms with Crippen LogP contribution in [0.25, 0.3) is 0 Å². The summed E-state index contributed by atoms with van der Waals surface area (Å²) in [4.78, 5) is 11.1. The van der Waals surface area contributed by atoms with Gasteiger partial charge < -0.3 is 15.8 Å². The highest BCUT2D eigenvalue weighted by Gasteiger charge is 2.15. The second kappa shape index (κ2) is 5.61. The number of carbonyl (C=O) groups is 1. The Balaban J connectivity index is 2.95. The van der Waals surface area contributed by atoms with Crippen LogP contribution in [0.5, 0.6) is 5.75 Å². The monoisotopic (exact) mass is 242 g/mol. The van der Waals surface area contributed by atoms with Crippen molar-refractivity contribution in [3.63, 3.8) is 0 Å². The van der Waals surface area contributed by atoms with Gasteiger partial charge in [-0.3, -0.25) is 4.79 Å². The van der Waals surface area contributed by atoms with Gasteiger partial charge in [-0.05, 0) is 18.6 Å². The van der Waals surface area contributed by atoms with E-state index >= 15 is 0 Å². The first-order valence-electron chi connectivity index (χ1n) is 4.98. The van der Waals surface area contributed by atoms with Gasteiger partial charge in [0.1, 0.15) is 6.04 Å². The van der Waals surface area contributed by atoms with Crippen LogP contribution < -0.4 is 15.8 Å². The number of hydrogen-bond donors (Lipinski definition) is 2. The first-order chi connectivity index (χ1) is 7.60. The highest BCUT2D eigenvalue weighted by molar-refractivity contribution is 6.32. The number of nitrogens with one attached hydrogen (secondary N) is 1. The molecule has 0 fully saturated rings. The molecule has 5 heteroatoms. The molecule has 1 amide bonds. The Labute approximate surface area is 99.7 Å². The minimum atomic E-state index is -0.424. The molecule has 0 spiro atoms. The van der Waals surface area contributed by atoms with Crippen LogP contribution in [0, 0.1) is 0 Å². The summed E-state index contributed by atoms with van der Waals surface area (Å²) in [6.45, 7) is 1.87. The Hall–Kier alpha value is -1.42. The molecule has 0 radical (unpaired) electrons. The maximum absolute atomic E-state index is 11.1. The van der Waals surface area contributed by atoms with Crippen molar-refractivity contribution < 1.29 is 9.53 Å². The zero-order valence-electron chi connectivity index (χ0n) is 9.29. The van der Waals surface area contributed by atoms with Gasteiger partial charge in [-0.15, -0.1) is 0 Å². The SMILES string of the molecule is CCC(Nc1cccc(Cl)c1OC)C(N)=O. The maximum Gasteiger partial charge on any atom is 0.239 e. The van der Waals surface area contributed by atoms with Gasteiger partial charge in [0.25, 0.3) is 0 Å². The highest BCUT2D eigenvalue weighted by Crippen LogP contribution is 2.32. The Morgan fingerprint density at radius 2 is 2.31 bits per heavy atom. The summed E-state index contributed by atoms with van der Waals surface area (Å²) in [6.07, 6.45) is 0.602. The van der Waals surface area contributed by atoms with E-state index in [-0.39, 0.29) is 0 Å². The van der Waals surface area contributed by atoms with Gasteiger partial charge in [-0.25, -0.2) is 0 Å². The maximum atomic E-state index is 11.1. The first kappa shape index (κ1) is 12.6. The fourth-order valence-electron chi connectivity index (χ4n) is 1.39. The van der Waals surface area contributed by atoms with Crippen molar-refractivity contribution in [2.75, 3.05) is 12.4 Å². The molecule has 1 unspecified atom stereocenters. The molecule has 0 saturated carbocycles. The summed E-state index contributed by atoms with van der Waals surface area (Å²) < 4.78 is 5.15. The summed E-state index contributed by atoms with van der Waals surface area (Å²) in [5, 5.41) is 3.50. The average molecular weight is 243 g/mol. The quantitative estimate of drug-likeness (QED) is 0.830. The van der Waals surface area contributed by atoms with E-state index in [0.717, 1.165) is 0 Å². The fourth-order valence-corrected chi connectivity index (χ4v) is 1.64. The van der Waals surface area contributed by atoms with E-state index in [2.05, 4.69) is 5.32 Å². The predicted octanol–water partition coefficient (Wildman–Crippen LogP) is 2.02. The molecule has 0 aliphatic rings. The number of benzene rings is 1. The molecule has 0 saturated heterocycles. The van der Waals surface area contributed by atoms with Crippen LogP contribution in [-0.2, 0) is 4.79 Å². The van der Waals surface area contributed by atoms with Crippen LogP contribution in [0.1, 0.15) is 13.3 Å². The lowest BCUT2D eigenvalue weighted by Crippen LogP contribution is -2.34. The lowest BCUT2D eigenvalue weighted by atomic mass is 10.2. The molecule has 1 aromatic carbocycles. The summed E-state index contributed by atoms with van der Waals surface area (Å²) >= 11 is 5.95. The van der Waals surface area contributed by atoms with Crippen molar-refractivity contribution in [1.82, 2.24) is 0 Å². The number of primary amides is 1. The standard InChI is InChI=1S/C11H15ClN2O2/c1-3-8(11(13)15)14-9-6-4-5-7(12)10(9)16-2/h4-6,8,14H,3H2,1-2H3,(H2,13,15). The number of carbonyl (C=O) groups excluding carboxylic acids is 1. The molecule has 0 aliphatic heterocycles. The third-order valence-electron chi connectivity index (χ3n) is 2.25. The third-order valence-corrected chi connectivity index (χ3v) is 2.55. The largest absolute Gasteiger partial charge is 0.493 e. The molecule has 0 aromatic heterocycles. The third kappa shape index (κ3) is 2.79. The van der Waals surface area contributed by atoms with Gasteiger partial charge in [0.15, 0.2) is 5.75 Å². The minimum absolute atomic E-state index is 0.399. The smallest absolute Gasteiger partial charge is 0.239 e. The van der Waals surface area contributed by atoms with E-state index in [4.69, 9.17) is 22.1 Å². The number of amides is 1. The van der Waals surface area contributed by atoms with Crippen molar-refractivity contribution in [1.29, 1.82) is 0 Å². The van der Waals surface area contributed by atoms with E-state index in [1.165, 1.54) is 7.11 Å². The van der Waals surface area contributed by atoms with Crippen LogP contribution in [0.4, 0.5) is 5.69 Å². The number of nitrogens with two attached hydrogens (primary N) is 1. The molecule has 0 heterocycles. The molecule has 1 atom stereocenters. The highest BCUT2D eigenvalue weighted by atomic mass is 35.5. The number of anilines is 1. The average Bonchev–Trinajstić information content (AvgIpc) is 2.25. The zero-order chi connectivity index (χ0) is 12.1. The Kier molecular flexibility index (Phi) is 4.43. The van der Waals surface area contributed by atoms with E-state index in [1.54, 1.807) is 18.2 Å². The van der Waals surface area contributed by atoms with E-state index in [0.29, 0.717) is 22.9 Å². The number of halogens is 1. The summed E-state index contributed by atoms with van der Waals surface area (Å²) in [5.74, 6) is 0.119. The van der Waals surface area contributed by atoms with E-state index in [1.807, 2.05) is 6.92 Å². The normalized spacial score (nSPS) is 11.9. The summed E-state index contributed by atoms with van der Waals surface area (Å²) in [7, 11) is 1.53. The number of para-hydroxylation sites is 1. The zero-order valence-corrected chi connectivity index (χ0v) is 10.0. The van der Waals surface area contributed by atoms with Gasteiger partial charge in [-0.1, -0.05) is 24.6 Å².